The first-order chi connectivity index (χ1) is 13.2. The molecule has 0 spiro atoms. The summed E-state index contributed by atoms with van der Waals surface area (Å²) in [7, 11) is 1.32. The molecule has 0 heterocycles. The number of ether oxygens (including phenoxy) is 1. The lowest BCUT2D eigenvalue weighted by atomic mass is 10.0. The summed E-state index contributed by atoms with van der Waals surface area (Å²) >= 11 is 0. The third-order valence-electron chi connectivity index (χ3n) is 4.31. The van der Waals surface area contributed by atoms with Gasteiger partial charge in [0.05, 0.1) is 7.11 Å². The molecule has 0 radical (unpaired) electrons. The van der Waals surface area contributed by atoms with Crippen LogP contribution in [0.25, 0.3) is 16.8 Å². The van der Waals surface area contributed by atoms with E-state index in [2.05, 4.69) is 5.32 Å². The fraction of sp³-hybridized carbons (Fsp3) is 0.130. The van der Waals surface area contributed by atoms with Crippen molar-refractivity contribution in [3.63, 3.8) is 0 Å². The van der Waals surface area contributed by atoms with E-state index in [4.69, 9.17) is 4.74 Å². The average Bonchev–Trinajstić information content (AvgIpc) is 2.72. The van der Waals surface area contributed by atoms with Crippen LogP contribution >= 0.6 is 0 Å². The molecule has 0 aromatic heterocycles. The van der Waals surface area contributed by atoms with Crippen molar-refractivity contribution >= 4 is 28.7 Å². The summed E-state index contributed by atoms with van der Waals surface area (Å²) in [6.45, 7) is 0. The molecular weight excluding hydrogens is 338 g/mol. The van der Waals surface area contributed by atoms with E-state index < -0.39 is 12.0 Å². The van der Waals surface area contributed by atoms with Crippen LogP contribution < -0.4 is 5.32 Å². The second-order valence-corrected chi connectivity index (χ2v) is 6.12. The van der Waals surface area contributed by atoms with E-state index in [9.17, 15) is 9.59 Å². The smallest absolute Gasteiger partial charge is 0.328 e. The molecule has 0 saturated carbocycles. The number of hydrogen-bond acceptors (Lipinski definition) is 3. The highest BCUT2D eigenvalue weighted by molar-refractivity contribution is 6.08. The minimum absolute atomic E-state index is 0.296. The van der Waals surface area contributed by atoms with Crippen LogP contribution in [0.1, 0.15) is 22.3 Å². The van der Waals surface area contributed by atoms with Crippen LogP contribution in [0.15, 0.2) is 78.9 Å². The Hall–Kier alpha value is -3.40. The van der Waals surface area contributed by atoms with Gasteiger partial charge in [0.1, 0.15) is 6.04 Å². The number of methoxy groups -OCH3 is 1. The zero-order valence-electron chi connectivity index (χ0n) is 15.1. The first kappa shape index (κ1) is 18.4. The second-order valence-electron chi connectivity index (χ2n) is 6.12. The van der Waals surface area contributed by atoms with E-state index >= 15 is 0 Å². The molecule has 0 aliphatic heterocycles. The predicted molar refractivity (Wildman–Crippen MR) is 107 cm³/mol. The van der Waals surface area contributed by atoms with Gasteiger partial charge < -0.3 is 10.1 Å². The summed E-state index contributed by atoms with van der Waals surface area (Å²) in [6, 6.07) is 22.2. The molecule has 3 aromatic carbocycles. The fourth-order valence-corrected chi connectivity index (χ4v) is 2.92. The number of nitrogens with one attached hydrogen (secondary N) is 1. The molecule has 1 N–H and O–H groups in total. The molecular formula is C23H21NO3. The van der Waals surface area contributed by atoms with Crippen LogP contribution in [-0.4, -0.2) is 25.0 Å². The largest absolute Gasteiger partial charge is 0.467 e. The average molecular weight is 359 g/mol. The summed E-state index contributed by atoms with van der Waals surface area (Å²) in [5, 5.41) is 4.62. The Bertz CT molecular complexity index is 958. The number of fused-ring (bicyclic) bond motifs is 1. The summed E-state index contributed by atoms with van der Waals surface area (Å²) in [4.78, 5) is 24.9. The van der Waals surface area contributed by atoms with E-state index in [0.29, 0.717) is 12.0 Å². The van der Waals surface area contributed by atoms with Gasteiger partial charge in [-0.1, -0.05) is 78.9 Å². The first-order valence-corrected chi connectivity index (χ1v) is 8.77. The summed E-state index contributed by atoms with van der Waals surface area (Å²) in [5.74, 6) is -0.767. The van der Waals surface area contributed by atoms with Crippen LogP contribution in [-0.2, 0) is 9.53 Å². The van der Waals surface area contributed by atoms with Gasteiger partial charge in [-0.2, -0.15) is 0 Å². The Morgan fingerprint density at radius 3 is 2.44 bits per heavy atom. The highest BCUT2D eigenvalue weighted by Crippen LogP contribution is 2.18. The highest BCUT2D eigenvalue weighted by atomic mass is 16.5. The van der Waals surface area contributed by atoms with E-state index in [0.717, 1.165) is 16.3 Å². The first-order valence-electron chi connectivity index (χ1n) is 8.77. The Balaban J connectivity index is 1.76. The van der Waals surface area contributed by atoms with E-state index in [1.807, 2.05) is 78.9 Å². The zero-order chi connectivity index (χ0) is 19.1. The summed E-state index contributed by atoms with van der Waals surface area (Å²) in [5.41, 5.74) is 1.57. The standard InChI is InChI=1S/C23H21NO3/c1-27-23(26)21(16-7-11-17-9-3-2-4-10-17)24-22(25)20-15-8-13-18-12-5-6-14-19(18)20/h2-15,21H,16H2,1H3,(H,24,25)/b11-7+/t21-/m1/s1. The number of esters is 1. The third-order valence-corrected chi connectivity index (χ3v) is 4.31. The monoisotopic (exact) mass is 359 g/mol. The van der Waals surface area contributed by atoms with Crippen molar-refractivity contribution in [3.05, 3.63) is 90.0 Å². The van der Waals surface area contributed by atoms with Gasteiger partial charge in [-0.3, -0.25) is 4.79 Å². The predicted octanol–water partition coefficient (Wildman–Crippen LogP) is 4.21. The van der Waals surface area contributed by atoms with Gasteiger partial charge in [-0.05, 0) is 28.8 Å². The topological polar surface area (TPSA) is 55.4 Å². The molecule has 0 aliphatic carbocycles. The third kappa shape index (κ3) is 4.61. The maximum Gasteiger partial charge on any atom is 0.328 e. The van der Waals surface area contributed by atoms with E-state index in [-0.39, 0.29) is 5.91 Å². The Labute approximate surface area is 158 Å². The summed E-state index contributed by atoms with van der Waals surface area (Å²) in [6.07, 6.45) is 4.12. The number of benzene rings is 3. The minimum Gasteiger partial charge on any atom is -0.467 e. The summed E-state index contributed by atoms with van der Waals surface area (Å²) < 4.78 is 4.85. The Morgan fingerprint density at radius 2 is 1.67 bits per heavy atom. The molecule has 0 unspecified atom stereocenters. The SMILES string of the molecule is COC(=O)[C@@H](C/C=C/c1ccccc1)NC(=O)c1cccc2ccccc12. The Kier molecular flexibility index (Phi) is 6.00. The lowest BCUT2D eigenvalue weighted by Crippen LogP contribution is -2.41. The van der Waals surface area contributed by atoms with Crippen molar-refractivity contribution < 1.29 is 14.3 Å². The molecule has 0 aliphatic rings. The van der Waals surface area contributed by atoms with Crippen molar-refractivity contribution in [1.82, 2.24) is 5.32 Å². The molecule has 4 heteroatoms. The van der Waals surface area contributed by atoms with Crippen LogP contribution in [0.2, 0.25) is 0 Å². The maximum atomic E-state index is 12.8. The number of carbonyl (C=O) groups is 2. The quantitative estimate of drug-likeness (QED) is 0.671. The molecule has 3 rings (SSSR count). The molecule has 27 heavy (non-hydrogen) atoms. The van der Waals surface area contributed by atoms with Crippen LogP contribution in [0, 0.1) is 0 Å². The molecule has 4 nitrogen and oxygen atoms in total. The van der Waals surface area contributed by atoms with Crippen molar-refractivity contribution in [2.24, 2.45) is 0 Å². The van der Waals surface area contributed by atoms with Crippen LogP contribution in [0.5, 0.6) is 0 Å². The number of amides is 1. The molecule has 1 atom stereocenters. The lowest BCUT2D eigenvalue weighted by Gasteiger charge is -2.16. The molecule has 3 aromatic rings. The van der Waals surface area contributed by atoms with Gasteiger partial charge in [0.15, 0.2) is 0 Å². The van der Waals surface area contributed by atoms with E-state index in [1.54, 1.807) is 6.07 Å². The fourth-order valence-electron chi connectivity index (χ4n) is 2.92. The van der Waals surface area contributed by atoms with Gasteiger partial charge >= 0.3 is 5.97 Å². The van der Waals surface area contributed by atoms with Crippen molar-refractivity contribution in [2.75, 3.05) is 7.11 Å². The van der Waals surface area contributed by atoms with Crippen molar-refractivity contribution in [2.45, 2.75) is 12.5 Å². The lowest BCUT2D eigenvalue weighted by molar-refractivity contribution is -0.142. The van der Waals surface area contributed by atoms with Gasteiger partial charge in [0, 0.05) is 5.56 Å². The molecule has 0 saturated heterocycles. The number of hydrogen-bond donors (Lipinski definition) is 1. The normalized spacial score (nSPS) is 12.0. The van der Waals surface area contributed by atoms with Crippen LogP contribution in [0.3, 0.4) is 0 Å². The molecule has 136 valence electrons. The minimum atomic E-state index is -0.749. The second kappa shape index (κ2) is 8.81. The molecule has 0 fully saturated rings. The van der Waals surface area contributed by atoms with Gasteiger partial charge in [0.2, 0.25) is 0 Å². The highest BCUT2D eigenvalue weighted by Gasteiger charge is 2.21. The van der Waals surface area contributed by atoms with Gasteiger partial charge in [-0.25, -0.2) is 4.79 Å². The van der Waals surface area contributed by atoms with Gasteiger partial charge in [-0.15, -0.1) is 0 Å². The number of rotatable bonds is 6. The maximum absolute atomic E-state index is 12.8. The van der Waals surface area contributed by atoms with Gasteiger partial charge in [0.25, 0.3) is 5.91 Å². The molecule has 0 bridgehead atoms. The van der Waals surface area contributed by atoms with Crippen molar-refractivity contribution in [3.8, 4) is 0 Å². The van der Waals surface area contributed by atoms with Crippen molar-refractivity contribution in [1.29, 1.82) is 0 Å². The number of carbonyl (C=O) groups excluding carboxylic acids is 2. The Morgan fingerprint density at radius 1 is 0.963 bits per heavy atom. The van der Waals surface area contributed by atoms with E-state index in [1.165, 1.54) is 7.11 Å². The van der Waals surface area contributed by atoms with Crippen LogP contribution in [0.4, 0.5) is 0 Å². The molecule has 1 amide bonds. The zero-order valence-corrected chi connectivity index (χ0v) is 15.1.